The highest BCUT2D eigenvalue weighted by Gasteiger charge is 2.30. The Kier molecular flexibility index (Phi) is 4.58. The fourth-order valence-corrected chi connectivity index (χ4v) is 3.14. The summed E-state index contributed by atoms with van der Waals surface area (Å²) in [5, 5.41) is 11.5. The lowest BCUT2D eigenvalue weighted by molar-refractivity contribution is -0.120. The number of rotatable bonds is 7. The number of hydrogen-bond donors (Lipinski definition) is 1. The molecule has 1 aromatic carbocycles. The number of benzene rings is 1. The van der Waals surface area contributed by atoms with Gasteiger partial charge in [-0.05, 0) is 18.4 Å². The van der Waals surface area contributed by atoms with Gasteiger partial charge in [0.1, 0.15) is 11.6 Å². The number of aromatic nitrogens is 3. The third-order valence-corrected chi connectivity index (χ3v) is 4.64. The number of amides is 1. The summed E-state index contributed by atoms with van der Waals surface area (Å²) < 4.78 is 1.89. The van der Waals surface area contributed by atoms with Crippen LogP contribution in [0.5, 0.6) is 0 Å². The van der Waals surface area contributed by atoms with E-state index in [1.165, 1.54) is 11.8 Å². The quantitative estimate of drug-likeness (QED) is 0.630. The van der Waals surface area contributed by atoms with Crippen molar-refractivity contribution in [1.82, 2.24) is 20.1 Å². The highest BCUT2D eigenvalue weighted by atomic mass is 32.2. The van der Waals surface area contributed by atoms with Gasteiger partial charge in [-0.25, -0.2) is 0 Å². The predicted octanol–water partition coefficient (Wildman–Crippen LogP) is 2.58. The van der Waals surface area contributed by atoms with Crippen LogP contribution in [0.3, 0.4) is 0 Å². The Morgan fingerprint density at radius 2 is 2.23 bits per heavy atom. The molecule has 1 aliphatic carbocycles. The molecule has 1 atom stereocenters. The van der Waals surface area contributed by atoms with E-state index in [-0.39, 0.29) is 11.2 Å². The van der Waals surface area contributed by atoms with Crippen LogP contribution in [0.1, 0.15) is 23.7 Å². The third kappa shape index (κ3) is 3.57. The molecular formula is C16H18N4OS. The number of allylic oxidation sites excluding steroid dienone is 1. The van der Waals surface area contributed by atoms with Gasteiger partial charge in [-0.3, -0.25) is 4.79 Å². The molecule has 1 saturated carbocycles. The molecule has 6 heteroatoms. The Morgan fingerprint density at radius 3 is 2.91 bits per heavy atom. The van der Waals surface area contributed by atoms with Gasteiger partial charge in [-0.2, -0.15) is 0 Å². The van der Waals surface area contributed by atoms with Crippen LogP contribution in [0, 0.1) is 0 Å². The van der Waals surface area contributed by atoms with Gasteiger partial charge in [-0.1, -0.05) is 48.2 Å². The molecular weight excluding hydrogens is 296 g/mol. The van der Waals surface area contributed by atoms with Crippen molar-refractivity contribution in [2.24, 2.45) is 0 Å². The molecule has 1 aromatic heterocycles. The Labute approximate surface area is 133 Å². The van der Waals surface area contributed by atoms with E-state index in [9.17, 15) is 4.79 Å². The van der Waals surface area contributed by atoms with Crippen LogP contribution < -0.4 is 5.32 Å². The minimum atomic E-state index is -0.324. The summed E-state index contributed by atoms with van der Waals surface area (Å²) in [6.45, 7) is 4.36. The van der Waals surface area contributed by atoms with Gasteiger partial charge in [0.05, 0.1) is 0 Å². The lowest BCUT2D eigenvalue weighted by Crippen LogP contribution is -2.29. The van der Waals surface area contributed by atoms with Crippen molar-refractivity contribution in [3.63, 3.8) is 0 Å². The summed E-state index contributed by atoms with van der Waals surface area (Å²) in [6.07, 6.45) is 5.59. The number of carbonyl (C=O) groups is 1. The van der Waals surface area contributed by atoms with Crippen molar-refractivity contribution < 1.29 is 4.79 Å². The fraction of sp³-hybridized carbons (Fsp3) is 0.312. The second kappa shape index (κ2) is 6.79. The Hall–Kier alpha value is -2.08. The summed E-state index contributed by atoms with van der Waals surface area (Å²) in [5.41, 5.74) is 0.971. The van der Waals surface area contributed by atoms with Crippen LogP contribution >= 0.6 is 11.8 Å². The van der Waals surface area contributed by atoms with E-state index in [1.807, 2.05) is 34.9 Å². The summed E-state index contributed by atoms with van der Waals surface area (Å²) in [7, 11) is 0. The predicted molar refractivity (Wildman–Crippen MR) is 86.4 cm³/mol. The van der Waals surface area contributed by atoms with Crippen LogP contribution in [0.25, 0.3) is 0 Å². The van der Waals surface area contributed by atoms with Crippen molar-refractivity contribution in [2.45, 2.75) is 35.8 Å². The summed E-state index contributed by atoms with van der Waals surface area (Å²) >= 11 is 1.42. The first-order chi connectivity index (χ1) is 10.8. The second-order valence-electron chi connectivity index (χ2n) is 5.25. The summed E-state index contributed by atoms with van der Waals surface area (Å²) in [5.74, 6) is 0.0341. The standard InChI is InChI=1S/C16H18N4OS/c1-2-10-20-11-17-19-16(20)22-14(12-6-4-3-5-7-12)15(21)18-13-8-9-13/h2-7,11,13-14H,1,8-10H2,(H,18,21)/t14-/m0/s1. The first kappa shape index (κ1) is 14.8. The van der Waals surface area contributed by atoms with Gasteiger partial charge in [0.15, 0.2) is 5.16 Å². The average Bonchev–Trinajstić information content (AvgIpc) is 3.24. The van der Waals surface area contributed by atoms with Crippen molar-refractivity contribution in [3.05, 3.63) is 54.9 Å². The zero-order valence-corrected chi connectivity index (χ0v) is 13.0. The van der Waals surface area contributed by atoms with Crippen molar-refractivity contribution in [1.29, 1.82) is 0 Å². The zero-order valence-electron chi connectivity index (χ0n) is 12.2. The maximum Gasteiger partial charge on any atom is 0.238 e. The summed E-state index contributed by atoms with van der Waals surface area (Å²) in [6, 6.07) is 10.1. The van der Waals surface area contributed by atoms with Crippen LogP contribution in [0.15, 0.2) is 54.5 Å². The maximum atomic E-state index is 12.6. The Morgan fingerprint density at radius 1 is 1.45 bits per heavy atom. The highest BCUT2D eigenvalue weighted by molar-refractivity contribution is 8.00. The largest absolute Gasteiger partial charge is 0.352 e. The van der Waals surface area contributed by atoms with E-state index < -0.39 is 0 Å². The minimum Gasteiger partial charge on any atom is -0.352 e. The van der Waals surface area contributed by atoms with Crippen LogP contribution in [0.4, 0.5) is 0 Å². The van der Waals surface area contributed by atoms with Crippen molar-refractivity contribution in [2.75, 3.05) is 0 Å². The molecule has 1 aliphatic rings. The van der Waals surface area contributed by atoms with E-state index >= 15 is 0 Å². The summed E-state index contributed by atoms with van der Waals surface area (Å²) in [4.78, 5) is 12.6. The number of hydrogen-bond acceptors (Lipinski definition) is 4. The fourth-order valence-electron chi connectivity index (χ4n) is 2.11. The van der Waals surface area contributed by atoms with E-state index in [0.29, 0.717) is 12.6 Å². The molecule has 1 amide bonds. The molecule has 1 fully saturated rings. The third-order valence-electron chi connectivity index (χ3n) is 3.39. The molecule has 22 heavy (non-hydrogen) atoms. The van der Waals surface area contributed by atoms with Crippen molar-refractivity contribution in [3.8, 4) is 0 Å². The first-order valence-electron chi connectivity index (χ1n) is 7.28. The molecule has 114 valence electrons. The van der Waals surface area contributed by atoms with Crippen LogP contribution in [0.2, 0.25) is 0 Å². The number of nitrogens with zero attached hydrogens (tertiary/aromatic N) is 3. The molecule has 0 unspecified atom stereocenters. The molecule has 0 spiro atoms. The van der Waals surface area contributed by atoms with Gasteiger partial charge in [0.25, 0.3) is 0 Å². The molecule has 1 N–H and O–H groups in total. The molecule has 0 saturated heterocycles. The van der Waals surface area contributed by atoms with E-state index in [1.54, 1.807) is 12.4 Å². The van der Waals surface area contributed by atoms with Crippen LogP contribution in [-0.2, 0) is 11.3 Å². The normalized spacial score (nSPS) is 15.3. The number of thioether (sulfide) groups is 1. The molecule has 0 aliphatic heterocycles. The lowest BCUT2D eigenvalue weighted by Gasteiger charge is -2.16. The molecule has 0 bridgehead atoms. The topological polar surface area (TPSA) is 59.8 Å². The number of carbonyl (C=O) groups excluding carboxylic acids is 1. The van der Waals surface area contributed by atoms with Gasteiger partial charge in [0, 0.05) is 12.6 Å². The van der Waals surface area contributed by atoms with Crippen LogP contribution in [-0.4, -0.2) is 26.7 Å². The average molecular weight is 314 g/mol. The van der Waals surface area contributed by atoms with Gasteiger partial charge >= 0.3 is 0 Å². The second-order valence-corrected chi connectivity index (χ2v) is 6.32. The zero-order chi connectivity index (χ0) is 15.4. The highest BCUT2D eigenvalue weighted by Crippen LogP contribution is 2.35. The molecule has 2 aromatic rings. The van der Waals surface area contributed by atoms with E-state index in [4.69, 9.17) is 0 Å². The molecule has 1 heterocycles. The Bertz CT molecular complexity index is 651. The van der Waals surface area contributed by atoms with Gasteiger partial charge in [-0.15, -0.1) is 16.8 Å². The Balaban J connectivity index is 1.82. The SMILES string of the molecule is C=CCn1cnnc1S[C@H](C(=O)NC1CC1)c1ccccc1. The van der Waals surface area contributed by atoms with E-state index in [0.717, 1.165) is 23.6 Å². The smallest absolute Gasteiger partial charge is 0.238 e. The monoisotopic (exact) mass is 314 g/mol. The van der Waals surface area contributed by atoms with Gasteiger partial charge in [0.2, 0.25) is 5.91 Å². The van der Waals surface area contributed by atoms with E-state index in [2.05, 4.69) is 22.1 Å². The minimum absolute atomic E-state index is 0.0341. The lowest BCUT2D eigenvalue weighted by atomic mass is 10.1. The van der Waals surface area contributed by atoms with Crippen molar-refractivity contribution >= 4 is 17.7 Å². The first-order valence-corrected chi connectivity index (χ1v) is 8.16. The molecule has 0 radical (unpaired) electrons. The maximum absolute atomic E-state index is 12.6. The molecule has 5 nitrogen and oxygen atoms in total. The number of nitrogens with one attached hydrogen (secondary N) is 1. The molecule has 3 rings (SSSR count). The van der Waals surface area contributed by atoms with Gasteiger partial charge < -0.3 is 9.88 Å².